The molecule has 0 bridgehead atoms. The maximum absolute atomic E-state index is 12.0. The lowest BCUT2D eigenvalue weighted by atomic mass is 9.46. The second-order valence-electron chi connectivity index (χ2n) is 16.0. The Labute approximate surface area is 225 Å². The van der Waals surface area contributed by atoms with Crippen LogP contribution in [0.15, 0.2) is 11.6 Å². The van der Waals surface area contributed by atoms with Crippen LogP contribution in [0.2, 0.25) is 58.9 Å². The largest absolute Gasteiger partial charge is 0.414 e. The first-order chi connectivity index (χ1) is 16.3. The topological polar surface area (TPSA) is 38.7 Å². The molecule has 3 saturated carbocycles. The summed E-state index contributed by atoms with van der Waals surface area (Å²) >= 11 is 0. The van der Waals surface area contributed by atoms with Crippen molar-refractivity contribution < 1.29 is 14.0 Å². The Balaban J connectivity index is 1.72. The minimum atomic E-state index is -1.75. The first kappa shape index (κ1) is 28.8. The fourth-order valence-electron chi connectivity index (χ4n) is 8.22. The Morgan fingerprint density at radius 1 is 0.833 bits per heavy atom. The van der Waals surface area contributed by atoms with Crippen molar-refractivity contribution in [3.63, 3.8) is 0 Å². The third-order valence-corrected chi connectivity index (χ3v) is 12.8. The molecule has 6 heteroatoms. The molecule has 0 aliphatic heterocycles. The number of hydrogen-bond donors (Lipinski definition) is 1. The van der Waals surface area contributed by atoms with Crippen molar-refractivity contribution >= 4 is 24.7 Å². The highest BCUT2D eigenvalue weighted by atomic mass is 28.4. The summed E-state index contributed by atoms with van der Waals surface area (Å²) < 4.78 is 13.7. The minimum Gasteiger partial charge on any atom is -0.414 e. The van der Waals surface area contributed by atoms with Gasteiger partial charge in [0.05, 0.1) is 6.10 Å². The Morgan fingerprint density at radius 2 is 1.44 bits per heavy atom. The van der Waals surface area contributed by atoms with Gasteiger partial charge in [-0.3, -0.25) is 0 Å². The van der Waals surface area contributed by atoms with Gasteiger partial charge in [0.2, 0.25) is 0 Å². The molecule has 8 atom stereocenters. The van der Waals surface area contributed by atoms with Crippen molar-refractivity contribution in [1.82, 2.24) is 0 Å². The van der Waals surface area contributed by atoms with E-state index in [0.717, 1.165) is 25.7 Å². The maximum Gasteiger partial charge on any atom is 0.184 e. The summed E-state index contributed by atoms with van der Waals surface area (Å²) in [6.07, 6.45) is 10.7. The summed E-state index contributed by atoms with van der Waals surface area (Å²) in [5.41, 5.74) is 4.38. The van der Waals surface area contributed by atoms with E-state index in [1.165, 1.54) is 19.3 Å². The molecule has 0 amide bonds. The van der Waals surface area contributed by atoms with E-state index in [1.807, 2.05) is 0 Å². The van der Waals surface area contributed by atoms with Crippen LogP contribution in [-0.2, 0) is 8.85 Å². The van der Waals surface area contributed by atoms with E-state index in [1.54, 1.807) is 5.57 Å². The number of rotatable bonds is 4. The highest BCUT2D eigenvalue weighted by Crippen LogP contribution is 2.67. The van der Waals surface area contributed by atoms with Crippen LogP contribution >= 0.6 is 0 Å². The lowest BCUT2D eigenvalue weighted by molar-refractivity contribution is -0.120. The predicted molar refractivity (Wildman–Crippen MR) is 160 cm³/mol. The zero-order valence-electron chi connectivity index (χ0n) is 25.2. The van der Waals surface area contributed by atoms with Crippen molar-refractivity contribution in [2.45, 2.75) is 136 Å². The lowest BCUT2D eigenvalue weighted by Crippen LogP contribution is -2.59. The fourth-order valence-corrected chi connectivity index (χ4v) is 11.0. The molecule has 4 aliphatic carbocycles. The van der Waals surface area contributed by atoms with Gasteiger partial charge in [0.25, 0.3) is 0 Å². The molecular formula is C30H54O3Si3. The van der Waals surface area contributed by atoms with Gasteiger partial charge in [-0.15, -0.1) is 5.54 Å². The van der Waals surface area contributed by atoms with Crippen LogP contribution in [0.3, 0.4) is 0 Å². The number of aliphatic hydroxyl groups is 1. The monoisotopic (exact) mass is 546 g/mol. The van der Waals surface area contributed by atoms with Crippen LogP contribution in [0.5, 0.6) is 0 Å². The van der Waals surface area contributed by atoms with Crippen LogP contribution in [0.1, 0.15) is 58.8 Å². The molecule has 36 heavy (non-hydrogen) atoms. The third-order valence-electron chi connectivity index (χ3n) is 9.87. The van der Waals surface area contributed by atoms with Gasteiger partial charge in [0.15, 0.2) is 16.6 Å². The second kappa shape index (κ2) is 9.20. The average molecular weight is 547 g/mol. The molecule has 1 N–H and O–H groups in total. The predicted octanol–water partition coefficient (Wildman–Crippen LogP) is 7.61. The summed E-state index contributed by atoms with van der Waals surface area (Å²) in [5.74, 6) is 5.05. The summed E-state index contributed by atoms with van der Waals surface area (Å²) in [7, 11) is -4.88. The maximum atomic E-state index is 12.0. The summed E-state index contributed by atoms with van der Waals surface area (Å²) in [6, 6.07) is 0. The molecule has 3 fully saturated rings. The number of hydrogen-bond acceptors (Lipinski definition) is 3. The molecule has 0 radical (unpaired) electrons. The van der Waals surface area contributed by atoms with E-state index < -0.39 is 30.3 Å². The lowest BCUT2D eigenvalue weighted by Gasteiger charge is -2.60. The van der Waals surface area contributed by atoms with E-state index >= 15 is 0 Å². The molecule has 4 rings (SSSR count). The second-order valence-corrected chi connectivity index (χ2v) is 29.7. The molecule has 0 aromatic rings. The average Bonchev–Trinajstić information content (AvgIpc) is 2.96. The highest BCUT2D eigenvalue weighted by molar-refractivity contribution is 6.83. The molecule has 0 saturated heterocycles. The van der Waals surface area contributed by atoms with Crippen LogP contribution in [0.4, 0.5) is 0 Å². The first-order valence-electron chi connectivity index (χ1n) is 14.6. The van der Waals surface area contributed by atoms with E-state index in [4.69, 9.17) is 8.85 Å². The Morgan fingerprint density at radius 3 is 2.03 bits per heavy atom. The van der Waals surface area contributed by atoms with E-state index in [-0.39, 0.29) is 16.9 Å². The summed E-state index contributed by atoms with van der Waals surface area (Å²) in [5, 5.41) is 12.0. The normalized spacial score (nSPS) is 43.0. The van der Waals surface area contributed by atoms with Crippen molar-refractivity contribution in [3.8, 4) is 11.5 Å². The van der Waals surface area contributed by atoms with Gasteiger partial charge in [0, 0.05) is 11.5 Å². The number of fused-ring (bicyclic) bond motifs is 5. The van der Waals surface area contributed by atoms with Crippen LogP contribution < -0.4 is 0 Å². The summed E-state index contributed by atoms with van der Waals surface area (Å²) in [4.78, 5) is 0. The highest BCUT2D eigenvalue weighted by Gasteiger charge is 2.65. The smallest absolute Gasteiger partial charge is 0.184 e. The summed E-state index contributed by atoms with van der Waals surface area (Å²) in [6.45, 7) is 25.7. The SMILES string of the molecule is C[C@]12CC[C@H](O[Si](C)(C)C)CC1=C[C@H](O[Si](C)(C)C)C1C2CC[C@@]2(C)C1CC[C@@]2(O)C#C[Si](C)(C)C. The molecule has 3 nitrogen and oxygen atoms in total. The van der Waals surface area contributed by atoms with Crippen LogP contribution in [-0.4, -0.2) is 47.6 Å². The quantitative estimate of drug-likeness (QED) is 0.224. The molecule has 0 aromatic carbocycles. The van der Waals surface area contributed by atoms with Gasteiger partial charge >= 0.3 is 0 Å². The standard InChI is InChI=1S/C30H54O3Si3/c1-28-15-12-23(32-35(6,7)8)20-22(28)21-26(33-36(9,10)11)27-24(28)13-16-29(2)25(27)14-17-30(29,31)18-19-34(3,4)5/h21,23-27,31H,12-17,20H2,1-11H3/t23-,24?,25?,26-,27?,28-,29-,30+/m0/s1. The molecular weight excluding hydrogens is 493 g/mol. The van der Waals surface area contributed by atoms with Crippen LogP contribution in [0.25, 0.3) is 0 Å². The van der Waals surface area contributed by atoms with Gasteiger partial charge < -0.3 is 14.0 Å². The van der Waals surface area contributed by atoms with Gasteiger partial charge in [-0.25, -0.2) is 0 Å². The Hall–Kier alpha value is -0.169. The molecule has 0 heterocycles. The van der Waals surface area contributed by atoms with E-state index in [9.17, 15) is 5.11 Å². The van der Waals surface area contributed by atoms with Crippen molar-refractivity contribution in [2.75, 3.05) is 0 Å². The van der Waals surface area contributed by atoms with Crippen molar-refractivity contribution in [1.29, 1.82) is 0 Å². The van der Waals surface area contributed by atoms with E-state index in [0.29, 0.717) is 23.9 Å². The molecule has 3 unspecified atom stereocenters. The van der Waals surface area contributed by atoms with Gasteiger partial charge in [0.1, 0.15) is 13.7 Å². The molecule has 0 aromatic heterocycles. The van der Waals surface area contributed by atoms with Gasteiger partial charge in [-0.2, -0.15) is 0 Å². The van der Waals surface area contributed by atoms with Gasteiger partial charge in [-0.1, -0.05) is 51.1 Å². The Bertz CT molecular complexity index is 946. The minimum absolute atomic E-state index is 0.151. The van der Waals surface area contributed by atoms with Crippen molar-refractivity contribution in [3.05, 3.63) is 11.6 Å². The Kier molecular flexibility index (Phi) is 7.37. The molecule has 0 spiro atoms. The van der Waals surface area contributed by atoms with Crippen LogP contribution in [0, 0.1) is 40.0 Å². The zero-order valence-corrected chi connectivity index (χ0v) is 28.2. The van der Waals surface area contributed by atoms with Crippen molar-refractivity contribution in [2.24, 2.45) is 28.6 Å². The van der Waals surface area contributed by atoms with Gasteiger partial charge in [-0.05, 0) is 107 Å². The van der Waals surface area contributed by atoms with E-state index in [2.05, 4.69) is 90.3 Å². The molecule has 4 aliphatic rings. The fraction of sp³-hybridized carbons (Fsp3) is 0.867. The first-order valence-corrected chi connectivity index (χ1v) is 24.9. The molecule has 204 valence electrons. The third kappa shape index (κ3) is 5.45. The zero-order chi connectivity index (χ0) is 26.9.